The topological polar surface area (TPSA) is 97.3 Å². The molecule has 142 valence electrons. The van der Waals surface area contributed by atoms with E-state index in [1.165, 1.54) is 6.42 Å². The van der Waals surface area contributed by atoms with Crippen molar-refractivity contribution in [3.8, 4) is 0 Å². The van der Waals surface area contributed by atoms with Gasteiger partial charge in [0.1, 0.15) is 5.78 Å². The number of Topliss-reactive ketones (excluding diaryl/α,β-unsaturated/α-hetero) is 1. The zero-order valence-corrected chi connectivity index (χ0v) is 15.3. The summed E-state index contributed by atoms with van der Waals surface area (Å²) in [6.45, 7) is 2.14. The quantitative estimate of drug-likeness (QED) is 0.396. The molecule has 5 heteroatoms. The maximum atomic E-state index is 12.1. The van der Waals surface area contributed by atoms with E-state index in [0.717, 1.165) is 44.9 Å². The van der Waals surface area contributed by atoms with E-state index in [1.807, 2.05) is 0 Å². The Kier molecular flexibility index (Phi) is 10.1. The van der Waals surface area contributed by atoms with Crippen LogP contribution in [0.3, 0.4) is 0 Å². The molecule has 0 aliphatic heterocycles. The van der Waals surface area contributed by atoms with Crippen LogP contribution in [0.5, 0.6) is 0 Å². The minimum absolute atomic E-state index is 0.212. The van der Waals surface area contributed by atoms with Gasteiger partial charge in [0.2, 0.25) is 0 Å². The van der Waals surface area contributed by atoms with Gasteiger partial charge >= 0.3 is 0 Å². The van der Waals surface area contributed by atoms with Gasteiger partial charge in [-0.05, 0) is 36.3 Å². The standard InChI is InChI=1S/C20H32O5/c1-2-3-4-5-6-10-13-16(21)14-17(19(22)23)18(20(24)25)15-11-8-7-9-12-15/h15H,2-14H2,1H3,(H,22,23)(H,24,25)/p-2/b18-17+. The first kappa shape index (κ1) is 21.4. The fourth-order valence-corrected chi connectivity index (χ4v) is 3.59. The molecule has 0 radical (unpaired) electrons. The molecule has 25 heavy (non-hydrogen) atoms. The molecule has 0 N–H and O–H groups in total. The highest BCUT2D eigenvalue weighted by molar-refractivity contribution is 6.01. The van der Waals surface area contributed by atoms with E-state index in [2.05, 4.69) is 6.92 Å². The molecule has 1 saturated carbocycles. The van der Waals surface area contributed by atoms with Gasteiger partial charge in [-0.3, -0.25) is 4.79 Å². The molecule has 0 atom stereocenters. The lowest BCUT2D eigenvalue weighted by atomic mass is 9.80. The molecule has 0 saturated heterocycles. The predicted octanol–water partition coefficient (Wildman–Crippen LogP) is 2.07. The molecular formula is C20H30O5-2. The first-order valence-corrected chi connectivity index (χ1v) is 9.64. The Morgan fingerprint density at radius 3 is 2.00 bits per heavy atom. The first-order chi connectivity index (χ1) is 12.0. The normalized spacial score (nSPS) is 16.4. The van der Waals surface area contributed by atoms with Crippen LogP contribution in [0.1, 0.15) is 90.4 Å². The van der Waals surface area contributed by atoms with Crippen LogP contribution in [0.15, 0.2) is 11.1 Å². The van der Waals surface area contributed by atoms with Gasteiger partial charge < -0.3 is 19.8 Å². The summed E-state index contributed by atoms with van der Waals surface area (Å²) in [4.78, 5) is 35.1. The Bertz CT molecular complexity index is 486. The fourth-order valence-electron chi connectivity index (χ4n) is 3.59. The molecule has 0 aromatic rings. The zero-order valence-electron chi connectivity index (χ0n) is 15.3. The number of hydrogen-bond acceptors (Lipinski definition) is 5. The average Bonchev–Trinajstić information content (AvgIpc) is 2.58. The number of ketones is 1. The van der Waals surface area contributed by atoms with Gasteiger partial charge in [-0.2, -0.15) is 0 Å². The van der Waals surface area contributed by atoms with Crippen LogP contribution in [0, 0.1) is 5.92 Å². The van der Waals surface area contributed by atoms with E-state index >= 15 is 0 Å². The predicted molar refractivity (Wildman–Crippen MR) is 91.2 cm³/mol. The molecule has 1 rings (SSSR count). The van der Waals surface area contributed by atoms with Gasteiger partial charge in [0, 0.05) is 12.8 Å². The summed E-state index contributed by atoms with van der Waals surface area (Å²) in [5.74, 6) is -3.60. The van der Waals surface area contributed by atoms with E-state index in [4.69, 9.17) is 0 Å². The van der Waals surface area contributed by atoms with Crippen LogP contribution in [-0.4, -0.2) is 17.7 Å². The van der Waals surface area contributed by atoms with Crippen molar-refractivity contribution in [1.82, 2.24) is 0 Å². The Morgan fingerprint density at radius 2 is 1.44 bits per heavy atom. The average molecular weight is 350 g/mol. The van der Waals surface area contributed by atoms with Gasteiger partial charge in [-0.25, -0.2) is 0 Å². The van der Waals surface area contributed by atoms with Crippen molar-refractivity contribution in [3.63, 3.8) is 0 Å². The van der Waals surface area contributed by atoms with Crippen LogP contribution < -0.4 is 10.2 Å². The second-order valence-electron chi connectivity index (χ2n) is 7.04. The van der Waals surface area contributed by atoms with E-state index in [9.17, 15) is 24.6 Å². The molecular weight excluding hydrogens is 320 g/mol. The van der Waals surface area contributed by atoms with Crippen molar-refractivity contribution in [3.05, 3.63) is 11.1 Å². The Morgan fingerprint density at radius 1 is 0.840 bits per heavy atom. The Labute approximate surface area is 150 Å². The third kappa shape index (κ3) is 7.84. The molecule has 1 aliphatic rings. The number of carboxylic acid groups (broad SMARTS) is 2. The monoisotopic (exact) mass is 350 g/mol. The van der Waals surface area contributed by atoms with Crippen molar-refractivity contribution in [2.24, 2.45) is 5.92 Å². The molecule has 0 bridgehead atoms. The number of carbonyl (C=O) groups excluding carboxylic acids is 3. The highest BCUT2D eigenvalue weighted by Crippen LogP contribution is 2.32. The molecule has 5 nitrogen and oxygen atoms in total. The smallest absolute Gasteiger partial charge is 0.137 e. The Hall–Kier alpha value is -1.65. The largest absolute Gasteiger partial charge is 0.545 e. The van der Waals surface area contributed by atoms with Crippen LogP contribution in [-0.2, 0) is 14.4 Å². The SMILES string of the molecule is CCCCCCCCC(=O)C/C(C(=O)[O-])=C(\C(=O)[O-])C1CCCCC1. The van der Waals surface area contributed by atoms with Crippen molar-refractivity contribution >= 4 is 17.7 Å². The lowest BCUT2D eigenvalue weighted by Crippen LogP contribution is -2.36. The second kappa shape index (κ2) is 11.8. The molecule has 0 amide bonds. The molecule has 0 aromatic carbocycles. The molecule has 0 spiro atoms. The summed E-state index contributed by atoms with van der Waals surface area (Å²) in [6.07, 6.45) is 10.1. The summed E-state index contributed by atoms with van der Waals surface area (Å²) >= 11 is 0. The number of hydrogen-bond donors (Lipinski definition) is 0. The van der Waals surface area contributed by atoms with Crippen molar-refractivity contribution < 1.29 is 24.6 Å². The summed E-state index contributed by atoms with van der Waals surface area (Å²) < 4.78 is 0. The maximum absolute atomic E-state index is 12.1. The summed E-state index contributed by atoms with van der Waals surface area (Å²) in [7, 11) is 0. The summed E-state index contributed by atoms with van der Waals surface area (Å²) in [6, 6.07) is 0. The molecule has 0 unspecified atom stereocenters. The number of carboxylic acids is 2. The van der Waals surface area contributed by atoms with Gasteiger partial charge in [0.15, 0.2) is 0 Å². The number of aliphatic carboxylic acids is 2. The van der Waals surface area contributed by atoms with Crippen LogP contribution in [0.2, 0.25) is 0 Å². The number of carbonyl (C=O) groups is 3. The highest BCUT2D eigenvalue weighted by atomic mass is 16.4. The second-order valence-corrected chi connectivity index (χ2v) is 7.04. The van der Waals surface area contributed by atoms with Gasteiger partial charge in [0.05, 0.1) is 11.9 Å². The van der Waals surface area contributed by atoms with E-state index in [-0.39, 0.29) is 35.7 Å². The van der Waals surface area contributed by atoms with E-state index in [0.29, 0.717) is 19.3 Å². The van der Waals surface area contributed by atoms with E-state index in [1.54, 1.807) is 0 Å². The summed E-state index contributed by atoms with van der Waals surface area (Å²) in [5.41, 5.74) is -0.584. The fraction of sp³-hybridized carbons (Fsp3) is 0.750. The Balaban J connectivity index is 2.67. The minimum atomic E-state index is -1.55. The maximum Gasteiger partial charge on any atom is 0.137 e. The van der Waals surface area contributed by atoms with Crippen LogP contribution in [0.25, 0.3) is 0 Å². The van der Waals surface area contributed by atoms with Crippen LogP contribution >= 0.6 is 0 Å². The van der Waals surface area contributed by atoms with Gasteiger partial charge in [-0.1, -0.05) is 58.3 Å². The molecule has 0 aromatic heterocycles. The lowest BCUT2D eigenvalue weighted by molar-refractivity contribution is -0.304. The van der Waals surface area contributed by atoms with Gasteiger partial charge in [-0.15, -0.1) is 0 Å². The molecule has 1 fully saturated rings. The zero-order chi connectivity index (χ0) is 18.7. The number of rotatable bonds is 12. The summed E-state index contributed by atoms with van der Waals surface area (Å²) in [5, 5.41) is 23.0. The van der Waals surface area contributed by atoms with Crippen LogP contribution in [0.4, 0.5) is 0 Å². The van der Waals surface area contributed by atoms with Crippen molar-refractivity contribution in [2.45, 2.75) is 90.4 Å². The van der Waals surface area contributed by atoms with Crippen molar-refractivity contribution in [2.75, 3.05) is 0 Å². The van der Waals surface area contributed by atoms with Crippen molar-refractivity contribution in [1.29, 1.82) is 0 Å². The third-order valence-electron chi connectivity index (χ3n) is 4.99. The van der Waals surface area contributed by atoms with Gasteiger partial charge in [0.25, 0.3) is 0 Å². The molecule has 0 heterocycles. The third-order valence-corrected chi connectivity index (χ3v) is 4.99. The number of unbranched alkanes of at least 4 members (excludes halogenated alkanes) is 5. The van der Waals surface area contributed by atoms with E-state index < -0.39 is 11.9 Å². The highest BCUT2D eigenvalue weighted by Gasteiger charge is 2.23. The molecule has 1 aliphatic carbocycles. The first-order valence-electron chi connectivity index (χ1n) is 9.64. The minimum Gasteiger partial charge on any atom is -0.545 e. The lowest BCUT2D eigenvalue weighted by Gasteiger charge is -2.28.